The SMILES string of the molecule is NCc1nnc(SCC(=O)NC2CCCCCC2)o1. The van der Waals surface area contributed by atoms with Gasteiger partial charge in [-0.3, -0.25) is 4.79 Å². The molecule has 0 aliphatic heterocycles. The number of amides is 1. The molecule has 2 rings (SSSR count). The highest BCUT2D eigenvalue weighted by Gasteiger charge is 2.15. The van der Waals surface area contributed by atoms with Crippen molar-refractivity contribution in [1.29, 1.82) is 0 Å². The largest absolute Gasteiger partial charge is 0.415 e. The average Bonchev–Trinajstić information content (AvgIpc) is 2.73. The first-order valence-corrected chi connectivity index (χ1v) is 7.71. The number of thioether (sulfide) groups is 1. The van der Waals surface area contributed by atoms with Gasteiger partial charge in [-0.2, -0.15) is 0 Å². The highest BCUT2D eigenvalue weighted by Crippen LogP contribution is 2.18. The Kier molecular flexibility index (Phi) is 5.65. The summed E-state index contributed by atoms with van der Waals surface area (Å²) in [6, 6.07) is 0.331. The van der Waals surface area contributed by atoms with Crippen molar-refractivity contribution in [3.63, 3.8) is 0 Å². The summed E-state index contributed by atoms with van der Waals surface area (Å²) in [5.41, 5.74) is 5.37. The van der Waals surface area contributed by atoms with Crippen LogP contribution in [0.4, 0.5) is 0 Å². The van der Waals surface area contributed by atoms with E-state index in [9.17, 15) is 4.79 Å². The van der Waals surface area contributed by atoms with Crippen molar-refractivity contribution in [2.75, 3.05) is 5.75 Å². The van der Waals surface area contributed by atoms with Gasteiger partial charge < -0.3 is 15.5 Å². The van der Waals surface area contributed by atoms with E-state index in [-0.39, 0.29) is 12.5 Å². The van der Waals surface area contributed by atoms with Gasteiger partial charge in [-0.05, 0) is 12.8 Å². The molecule has 1 aromatic rings. The maximum absolute atomic E-state index is 11.8. The van der Waals surface area contributed by atoms with Crippen molar-refractivity contribution in [3.05, 3.63) is 5.89 Å². The molecule has 3 N–H and O–H groups in total. The highest BCUT2D eigenvalue weighted by molar-refractivity contribution is 7.99. The van der Waals surface area contributed by atoms with Crippen LogP contribution in [-0.2, 0) is 11.3 Å². The van der Waals surface area contributed by atoms with Gasteiger partial charge in [-0.1, -0.05) is 37.4 Å². The van der Waals surface area contributed by atoms with Crippen molar-refractivity contribution < 1.29 is 9.21 Å². The van der Waals surface area contributed by atoms with Crippen LogP contribution in [0.1, 0.15) is 44.4 Å². The molecule has 19 heavy (non-hydrogen) atoms. The average molecular weight is 284 g/mol. The maximum Gasteiger partial charge on any atom is 0.277 e. The van der Waals surface area contributed by atoms with Crippen molar-refractivity contribution in [3.8, 4) is 0 Å². The third-order valence-electron chi connectivity index (χ3n) is 3.17. The molecule has 0 unspecified atom stereocenters. The molecule has 106 valence electrons. The number of nitrogens with zero attached hydrogens (tertiary/aromatic N) is 2. The van der Waals surface area contributed by atoms with Crippen LogP contribution in [0.3, 0.4) is 0 Å². The first-order valence-electron chi connectivity index (χ1n) is 6.72. The molecule has 1 saturated carbocycles. The second-order valence-corrected chi connectivity index (χ2v) is 5.64. The van der Waals surface area contributed by atoms with Gasteiger partial charge >= 0.3 is 0 Å². The summed E-state index contributed by atoms with van der Waals surface area (Å²) in [7, 11) is 0. The normalized spacial score (nSPS) is 17.1. The summed E-state index contributed by atoms with van der Waals surface area (Å²) in [6.07, 6.45) is 7.17. The van der Waals surface area contributed by atoms with Gasteiger partial charge in [-0.25, -0.2) is 0 Å². The fourth-order valence-electron chi connectivity index (χ4n) is 2.20. The number of carbonyl (C=O) groups excluding carboxylic acids is 1. The van der Waals surface area contributed by atoms with E-state index in [1.807, 2.05) is 0 Å². The standard InChI is InChI=1S/C12H20N4O2S/c13-7-11-15-16-12(18-11)19-8-10(17)14-9-5-3-1-2-4-6-9/h9H,1-8,13H2,(H,14,17). The lowest BCUT2D eigenvalue weighted by molar-refractivity contribution is -0.119. The number of nitrogens with one attached hydrogen (secondary N) is 1. The van der Waals surface area contributed by atoms with Crippen LogP contribution in [0.25, 0.3) is 0 Å². The molecule has 1 heterocycles. The van der Waals surface area contributed by atoms with Crippen LogP contribution in [0.5, 0.6) is 0 Å². The Balaban J connectivity index is 1.71. The van der Waals surface area contributed by atoms with Crippen LogP contribution >= 0.6 is 11.8 Å². The molecule has 0 radical (unpaired) electrons. The van der Waals surface area contributed by atoms with Crippen LogP contribution in [-0.4, -0.2) is 27.9 Å². The van der Waals surface area contributed by atoms with E-state index in [1.54, 1.807) is 0 Å². The zero-order valence-electron chi connectivity index (χ0n) is 10.9. The zero-order valence-corrected chi connectivity index (χ0v) is 11.7. The van der Waals surface area contributed by atoms with Gasteiger partial charge in [0.05, 0.1) is 12.3 Å². The van der Waals surface area contributed by atoms with Gasteiger partial charge in [0.2, 0.25) is 11.8 Å². The van der Waals surface area contributed by atoms with Crippen molar-refractivity contribution in [2.45, 2.75) is 56.3 Å². The van der Waals surface area contributed by atoms with E-state index in [0.29, 0.717) is 22.9 Å². The highest BCUT2D eigenvalue weighted by atomic mass is 32.2. The minimum absolute atomic E-state index is 0.0319. The summed E-state index contributed by atoms with van der Waals surface area (Å²) in [4.78, 5) is 11.8. The smallest absolute Gasteiger partial charge is 0.277 e. The Labute approximate surface area is 116 Å². The fourth-order valence-corrected chi connectivity index (χ4v) is 2.79. The first-order chi connectivity index (χ1) is 9.28. The molecule has 0 spiro atoms. The number of hydrogen-bond acceptors (Lipinski definition) is 6. The lowest BCUT2D eigenvalue weighted by atomic mass is 10.1. The number of rotatable bonds is 5. The van der Waals surface area contributed by atoms with E-state index in [4.69, 9.17) is 10.2 Å². The zero-order chi connectivity index (χ0) is 13.5. The third kappa shape index (κ3) is 4.83. The monoisotopic (exact) mass is 284 g/mol. The predicted molar refractivity (Wildman–Crippen MR) is 72.5 cm³/mol. The summed E-state index contributed by atoms with van der Waals surface area (Å²) >= 11 is 1.25. The van der Waals surface area contributed by atoms with Gasteiger partial charge in [0.1, 0.15) is 0 Å². The lowest BCUT2D eigenvalue weighted by Crippen LogP contribution is -2.35. The Morgan fingerprint density at radius 2 is 2.05 bits per heavy atom. The van der Waals surface area contributed by atoms with E-state index in [1.165, 1.54) is 37.4 Å². The maximum atomic E-state index is 11.8. The predicted octanol–water partition coefficient (Wildman–Crippen LogP) is 1.46. The molecule has 7 heteroatoms. The van der Waals surface area contributed by atoms with Gasteiger partial charge in [0, 0.05) is 6.04 Å². The van der Waals surface area contributed by atoms with Crippen molar-refractivity contribution >= 4 is 17.7 Å². The fraction of sp³-hybridized carbons (Fsp3) is 0.750. The van der Waals surface area contributed by atoms with E-state index in [2.05, 4.69) is 15.5 Å². The quantitative estimate of drug-likeness (QED) is 0.628. The lowest BCUT2D eigenvalue weighted by Gasteiger charge is -2.15. The molecule has 6 nitrogen and oxygen atoms in total. The summed E-state index contributed by atoms with van der Waals surface area (Å²) in [5, 5.41) is 11.0. The van der Waals surface area contributed by atoms with E-state index >= 15 is 0 Å². The number of hydrogen-bond donors (Lipinski definition) is 2. The molecular weight excluding hydrogens is 264 g/mol. The second-order valence-electron chi connectivity index (χ2n) is 4.71. The Hall–Kier alpha value is -1.08. The molecule has 0 atom stereocenters. The van der Waals surface area contributed by atoms with Gasteiger partial charge in [0.15, 0.2) is 0 Å². The van der Waals surface area contributed by atoms with Gasteiger partial charge in [-0.15, -0.1) is 10.2 Å². The van der Waals surface area contributed by atoms with Crippen LogP contribution in [0, 0.1) is 0 Å². The summed E-state index contributed by atoms with van der Waals surface area (Å²) in [6.45, 7) is 0.224. The van der Waals surface area contributed by atoms with Crippen LogP contribution in [0.15, 0.2) is 9.64 Å². The molecule has 0 bridgehead atoms. The molecular formula is C12H20N4O2S. The van der Waals surface area contributed by atoms with E-state index in [0.717, 1.165) is 12.8 Å². The number of carbonyl (C=O) groups is 1. The summed E-state index contributed by atoms with van der Waals surface area (Å²) < 4.78 is 5.23. The van der Waals surface area contributed by atoms with Crippen molar-refractivity contribution in [1.82, 2.24) is 15.5 Å². The van der Waals surface area contributed by atoms with Gasteiger partial charge in [0.25, 0.3) is 5.22 Å². The minimum Gasteiger partial charge on any atom is -0.415 e. The molecule has 0 saturated heterocycles. The Morgan fingerprint density at radius 3 is 2.68 bits per heavy atom. The number of aromatic nitrogens is 2. The molecule has 1 aliphatic rings. The molecule has 1 aromatic heterocycles. The topological polar surface area (TPSA) is 94.0 Å². The number of nitrogens with two attached hydrogens (primary N) is 1. The third-order valence-corrected chi connectivity index (χ3v) is 3.99. The second kappa shape index (κ2) is 7.49. The first kappa shape index (κ1) is 14.3. The Bertz CT molecular complexity index is 402. The molecule has 1 fully saturated rings. The Morgan fingerprint density at radius 1 is 1.32 bits per heavy atom. The van der Waals surface area contributed by atoms with Crippen molar-refractivity contribution in [2.24, 2.45) is 5.73 Å². The molecule has 1 aliphatic carbocycles. The minimum atomic E-state index is 0.0319. The van der Waals surface area contributed by atoms with Crippen LogP contribution in [0.2, 0.25) is 0 Å². The van der Waals surface area contributed by atoms with Crippen LogP contribution < -0.4 is 11.1 Å². The molecule has 1 amide bonds. The summed E-state index contributed by atoms with van der Waals surface area (Å²) in [5.74, 6) is 0.735. The van der Waals surface area contributed by atoms with E-state index < -0.39 is 0 Å². The molecule has 0 aromatic carbocycles.